The summed E-state index contributed by atoms with van der Waals surface area (Å²) in [5.74, 6) is -0.0872. The lowest BCUT2D eigenvalue weighted by atomic mass is 9.78. The summed E-state index contributed by atoms with van der Waals surface area (Å²) >= 11 is 13.7. The molecule has 0 aliphatic carbocycles. The van der Waals surface area contributed by atoms with Gasteiger partial charge in [0.15, 0.2) is 5.69 Å². The van der Waals surface area contributed by atoms with E-state index in [0.717, 1.165) is 29.5 Å². The molecule has 0 atom stereocenters. The summed E-state index contributed by atoms with van der Waals surface area (Å²) in [4.78, 5) is 48.1. The number of ether oxygens (including phenoxy) is 1. The Labute approximate surface area is 256 Å². The van der Waals surface area contributed by atoms with E-state index >= 15 is 0 Å². The zero-order chi connectivity index (χ0) is 30.3. The summed E-state index contributed by atoms with van der Waals surface area (Å²) in [5.41, 5.74) is 2.50. The maximum absolute atomic E-state index is 12.8. The second-order valence-electron chi connectivity index (χ2n) is 10.6. The van der Waals surface area contributed by atoms with E-state index in [2.05, 4.69) is 25.6 Å². The van der Waals surface area contributed by atoms with Crippen LogP contribution in [0.25, 0.3) is 22.4 Å². The van der Waals surface area contributed by atoms with Crippen LogP contribution in [-0.2, 0) is 18.4 Å². The van der Waals surface area contributed by atoms with Crippen LogP contribution < -0.4 is 20.9 Å². The lowest BCUT2D eigenvalue weighted by Gasteiger charge is -2.46. The van der Waals surface area contributed by atoms with Gasteiger partial charge in [-0.15, -0.1) is 0 Å². The third-order valence-corrected chi connectivity index (χ3v) is 8.70. The topological polar surface area (TPSA) is 131 Å². The number of amides is 2. The number of anilines is 1. The van der Waals surface area contributed by atoms with Crippen molar-refractivity contribution < 1.29 is 14.3 Å². The molecule has 2 aromatic heterocycles. The normalized spacial score (nSPS) is 15.7. The van der Waals surface area contributed by atoms with Crippen LogP contribution in [0.15, 0.2) is 59.7 Å². The van der Waals surface area contributed by atoms with E-state index in [1.807, 2.05) is 30.3 Å². The van der Waals surface area contributed by atoms with Gasteiger partial charge in [0.05, 0.1) is 34.0 Å². The Morgan fingerprint density at radius 1 is 1.05 bits per heavy atom. The third-order valence-electron chi connectivity index (χ3n) is 7.88. The minimum absolute atomic E-state index is 0.142. The minimum Gasteiger partial charge on any atom is -0.481 e. The molecule has 13 heteroatoms. The van der Waals surface area contributed by atoms with Crippen LogP contribution in [0.5, 0.6) is 5.88 Å². The number of rotatable bonds is 7. The Bertz CT molecular complexity index is 1820. The fourth-order valence-corrected chi connectivity index (χ4v) is 6.23. The molecule has 2 aliphatic heterocycles. The van der Waals surface area contributed by atoms with E-state index in [0.29, 0.717) is 58.6 Å². The molecule has 4 heterocycles. The van der Waals surface area contributed by atoms with E-state index < -0.39 is 11.5 Å². The predicted octanol–water partition coefficient (Wildman–Crippen LogP) is 3.79. The highest BCUT2D eigenvalue weighted by atomic mass is 35.5. The van der Waals surface area contributed by atoms with Gasteiger partial charge in [-0.25, -0.2) is 14.6 Å². The first-order valence-corrected chi connectivity index (χ1v) is 14.3. The Kier molecular flexibility index (Phi) is 7.63. The number of hydrogen-bond acceptors (Lipinski definition) is 8. The third kappa shape index (κ3) is 5.24. The van der Waals surface area contributed by atoms with Crippen molar-refractivity contribution in [3.05, 3.63) is 86.5 Å². The molecule has 4 aromatic rings. The zero-order valence-corrected chi connectivity index (χ0v) is 24.9. The number of aryl methyl sites for hydroxylation is 1. The van der Waals surface area contributed by atoms with Crippen LogP contribution in [0.4, 0.5) is 5.69 Å². The predicted molar refractivity (Wildman–Crippen MR) is 162 cm³/mol. The summed E-state index contributed by atoms with van der Waals surface area (Å²) in [5, 5.41) is 9.99. The lowest BCUT2D eigenvalue weighted by molar-refractivity contribution is -0.137. The van der Waals surface area contributed by atoms with Crippen LogP contribution in [0.3, 0.4) is 0 Å². The molecular formula is C30H27Cl2N7O4. The van der Waals surface area contributed by atoms with E-state index in [9.17, 15) is 14.4 Å². The van der Waals surface area contributed by atoms with Gasteiger partial charge in [-0.1, -0.05) is 59.6 Å². The molecule has 2 aromatic carbocycles. The number of aromatic nitrogens is 4. The maximum atomic E-state index is 12.8. The Balaban J connectivity index is 1.25. The van der Waals surface area contributed by atoms with Crippen molar-refractivity contribution in [2.45, 2.75) is 13.0 Å². The van der Waals surface area contributed by atoms with Gasteiger partial charge in [-0.05, 0) is 18.6 Å². The lowest BCUT2D eigenvalue weighted by Crippen LogP contribution is -2.59. The number of likely N-dealkylation sites (tertiary alicyclic amines) is 1. The monoisotopic (exact) mass is 619 g/mol. The summed E-state index contributed by atoms with van der Waals surface area (Å²) in [7, 11) is 3.01. The molecular weight excluding hydrogens is 593 g/mol. The first-order chi connectivity index (χ1) is 20.7. The molecule has 43 heavy (non-hydrogen) atoms. The number of hydrogen-bond donors (Lipinski definition) is 2. The molecule has 0 radical (unpaired) electrons. The largest absolute Gasteiger partial charge is 0.481 e. The summed E-state index contributed by atoms with van der Waals surface area (Å²) in [6.45, 7) is 2.79. The van der Waals surface area contributed by atoms with Gasteiger partial charge in [0.2, 0.25) is 11.8 Å². The summed E-state index contributed by atoms with van der Waals surface area (Å²) < 4.78 is 6.66. The van der Waals surface area contributed by atoms with E-state index in [-0.39, 0.29) is 22.0 Å². The molecule has 6 rings (SSSR count). The van der Waals surface area contributed by atoms with E-state index in [1.54, 1.807) is 25.3 Å². The number of pyridine rings is 1. The van der Waals surface area contributed by atoms with Gasteiger partial charge >= 0.3 is 0 Å². The molecule has 0 saturated carbocycles. The van der Waals surface area contributed by atoms with E-state index in [1.165, 1.54) is 7.05 Å². The number of methoxy groups -OCH3 is 1. The van der Waals surface area contributed by atoms with Crippen LogP contribution in [0.2, 0.25) is 10.0 Å². The average Bonchev–Trinajstić information content (AvgIpc) is 3.37. The summed E-state index contributed by atoms with van der Waals surface area (Å²) in [6, 6.07) is 14.5. The smallest absolute Gasteiger partial charge is 0.298 e. The standard InChI is InChI=1S/C30H27Cl2N7O4/c1-38-28(41)25(34-16-35-38)26(40)36-22-8-4-6-19(24(22)32)18-5-3-7-20(23(18)31)21-10-9-17(27(37-21)43-2)13-39-14-30(15-39)11-12-33-29(30)42/h3-10,16H,11-15H2,1-2H3,(H,33,42)(H,36,40). The molecule has 2 aliphatic rings. The first-order valence-electron chi connectivity index (χ1n) is 13.5. The minimum atomic E-state index is -0.710. The van der Waals surface area contributed by atoms with Gasteiger partial charge in [-0.2, -0.15) is 5.10 Å². The van der Waals surface area contributed by atoms with Crippen molar-refractivity contribution in [2.75, 3.05) is 32.1 Å². The van der Waals surface area contributed by atoms with Crippen molar-refractivity contribution in [1.82, 2.24) is 30.0 Å². The Morgan fingerprint density at radius 2 is 1.77 bits per heavy atom. The van der Waals surface area contributed by atoms with Crippen molar-refractivity contribution in [3.8, 4) is 28.3 Å². The number of nitrogens with zero attached hydrogens (tertiary/aromatic N) is 5. The molecule has 2 saturated heterocycles. The van der Waals surface area contributed by atoms with Gasteiger partial charge in [0.1, 0.15) is 6.33 Å². The highest BCUT2D eigenvalue weighted by Gasteiger charge is 2.51. The van der Waals surface area contributed by atoms with Crippen LogP contribution in [-0.4, -0.2) is 63.2 Å². The molecule has 0 bridgehead atoms. The maximum Gasteiger partial charge on any atom is 0.298 e. The molecule has 2 amide bonds. The summed E-state index contributed by atoms with van der Waals surface area (Å²) in [6.07, 6.45) is 2.00. The molecule has 2 N–H and O–H groups in total. The number of carbonyl (C=O) groups is 2. The van der Waals surface area contributed by atoms with E-state index in [4.69, 9.17) is 32.9 Å². The van der Waals surface area contributed by atoms with Crippen LogP contribution >= 0.6 is 23.2 Å². The number of halogens is 2. The number of benzene rings is 2. The van der Waals surface area contributed by atoms with Gasteiger partial charge in [-0.3, -0.25) is 19.3 Å². The van der Waals surface area contributed by atoms with Crippen molar-refractivity contribution in [2.24, 2.45) is 12.5 Å². The highest BCUT2D eigenvalue weighted by molar-refractivity contribution is 6.39. The van der Waals surface area contributed by atoms with Gasteiger partial charge in [0, 0.05) is 55.5 Å². The fourth-order valence-electron chi connectivity index (χ4n) is 5.63. The Morgan fingerprint density at radius 3 is 2.49 bits per heavy atom. The zero-order valence-electron chi connectivity index (χ0n) is 23.4. The fraction of sp³-hybridized carbons (Fsp3) is 0.267. The van der Waals surface area contributed by atoms with Gasteiger partial charge in [0.25, 0.3) is 11.5 Å². The second-order valence-corrected chi connectivity index (χ2v) is 11.4. The quantitative estimate of drug-likeness (QED) is 0.319. The molecule has 220 valence electrons. The molecule has 0 unspecified atom stereocenters. The first kappa shape index (κ1) is 28.8. The van der Waals surface area contributed by atoms with Crippen LogP contribution in [0.1, 0.15) is 22.5 Å². The van der Waals surface area contributed by atoms with Crippen molar-refractivity contribution in [3.63, 3.8) is 0 Å². The van der Waals surface area contributed by atoms with Crippen molar-refractivity contribution in [1.29, 1.82) is 0 Å². The number of nitrogens with one attached hydrogen (secondary N) is 2. The second kappa shape index (κ2) is 11.4. The van der Waals surface area contributed by atoms with Crippen molar-refractivity contribution >= 4 is 40.7 Å². The molecule has 11 nitrogen and oxygen atoms in total. The SMILES string of the molecule is COc1nc(-c2cccc(-c3cccc(NC(=O)c4ncnn(C)c4=O)c3Cl)c2Cl)ccc1CN1CC2(CCNC2=O)C1. The highest BCUT2D eigenvalue weighted by Crippen LogP contribution is 2.42. The Hall–Kier alpha value is -4.32. The number of carbonyl (C=O) groups excluding carboxylic acids is 2. The van der Waals surface area contributed by atoms with Crippen LogP contribution in [0, 0.1) is 5.41 Å². The average molecular weight is 620 g/mol. The molecule has 1 spiro atoms. The van der Waals surface area contributed by atoms with Gasteiger partial charge < -0.3 is 15.4 Å². The molecule has 2 fully saturated rings.